The number of anilines is 1. The standard InChI is InChI=1S/C19H20N4O3S/c1-3-23-16-7-5-4-6-15(16)21-19(23)27-12-17(24)22-18(25)20-13-8-10-14(26-2)11-9-13/h4-11H,3,12H2,1-2H3,(H2,20,22,24,25). The zero-order valence-electron chi connectivity index (χ0n) is 15.1. The van der Waals surface area contributed by atoms with E-state index in [9.17, 15) is 9.59 Å². The quantitative estimate of drug-likeness (QED) is 0.635. The van der Waals surface area contributed by atoms with E-state index in [1.165, 1.54) is 11.8 Å². The number of benzene rings is 2. The van der Waals surface area contributed by atoms with E-state index in [0.717, 1.165) is 22.7 Å². The van der Waals surface area contributed by atoms with Gasteiger partial charge in [0.1, 0.15) is 5.75 Å². The number of fused-ring (bicyclic) bond motifs is 1. The maximum absolute atomic E-state index is 12.1. The first-order chi connectivity index (χ1) is 13.1. The number of aryl methyl sites for hydroxylation is 1. The van der Waals surface area contributed by atoms with Gasteiger partial charge >= 0.3 is 6.03 Å². The van der Waals surface area contributed by atoms with Crippen molar-refractivity contribution in [2.75, 3.05) is 18.2 Å². The number of carbonyl (C=O) groups is 2. The highest BCUT2D eigenvalue weighted by Crippen LogP contribution is 2.23. The van der Waals surface area contributed by atoms with Gasteiger partial charge in [-0.3, -0.25) is 10.1 Å². The number of imide groups is 1. The Morgan fingerprint density at radius 3 is 2.59 bits per heavy atom. The van der Waals surface area contributed by atoms with Crippen LogP contribution < -0.4 is 15.4 Å². The van der Waals surface area contributed by atoms with Gasteiger partial charge in [-0.05, 0) is 43.3 Å². The van der Waals surface area contributed by atoms with Crippen LogP contribution in [0.5, 0.6) is 5.75 Å². The molecule has 0 radical (unpaired) electrons. The molecule has 27 heavy (non-hydrogen) atoms. The van der Waals surface area contributed by atoms with Crippen LogP contribution in [0.2, 0.25) is 0 Å². The molecule has 3 aromatic rings. The summed E-state index contributed by atoms with van der Waals surface area (Å²) >= 11 is 1.30. The predicted molar refractivity (Wildman–Crippen MR) is 106 cm³/mol. The number of hydrogen-bond acceptors (Lipinski definition) is 5. The first kappa shape index (κ1) is 18.8. The van der Waals surface area contributed by atoms with Gasteiger partial charge in [0.25, 0.3) is 0 Å². The molecule has 0 spiro atoms. The van der Waals surface area contributed by atoms with Crippen LogP contribution in [0.1, 0.15) is 6.92 Å². The Morgan fingerprint density at radius 2 is 1.89 bits per heavy atom. The number of thioether (sulfide) groups is 1. The molecule has 8 heteroatoms. The minimum atomic E-state index is -0.574. The van der Waals surface area contributed by atoms with Crippen LogP contribution in [0.3, 0.4) is 0 Å². The zero-order chi connectivity index (χ0) is 19.2. The van der Waals surface area contributed by atoms with Gasteiger partial charge in [-0.25, -0.2) is 9.78 Å². The Labute approximate surface area is 161 Å². The van der Waals surface area contributed by atoms with Gasteiger partial charge < -0.3 is 14.6 Å². The molecule has 3 amide bonds. The second-order valence-corrected chi connectivity index (χ2v) is 6.59. The lowest BCUT2D eigenvalue weighted by molar-refractivity contribution is -0.117. The third-order valence-corrected chi connectivity index (χ3v) is 4.85. The lowest BCUT2D eigenvalue weighted by atomic mass is 10.3. The van der Waals surface area contributed by atoms with E-state index in [4.69, 9.17) is 4.74 Å². The van der Waals surface area contributed by atoms with Crippen molar-refractivity contribution in [3.05, 3.63) is 48.5 Å². The SMILES string of the molecule is CCn1c(SCC(=O)NC(=O)Nc2ccc(OC)cc2)nc2ccccc21. The number of imidazole rings is 1. The average Bonchev–Trinajstić information content (AvgIpc) is 3.04. The van der Waals surface area contributed by atoms with Crippen LogP contribution >= 0.6 is 11.8 Å². The predicted octanol–water partition coefficient (Wildman–Crippen LogP) is 3.51. The van der Waals surface area contributed by atoms with E-state index in [-0.39, 0.29) is 11.7 Å². The Morgan fingerprint density at radius 1 is 1.15 bits per heavy atom. The summed E-state index contributed by atoms with van der Waals surface area (Å²) in [6.07, 6.45) is 0. The van der Waals surface area contributed by atoms with E-state index >= 15 is 0 Å². The molecule has 0 bridgehead atoms. The van der Waals surface area contributed by atoms with E-state index in [1.807, 2.05) is 35.8 Å². The molecule has 0 fully saturated rings. The number of methoxy groups -OCH3 is 1. The number of hydrogen-bond donors (Lipinski definition) is 2. The van der Waals surface area contributed by atoms with E-state index in [0.29, 0.717) is 11.4 Å². The van der Waals surface area contributed by atoms with Gasteiger partial charge in [-0.1, -0.05) is 23.9 Å². The topological polar surface area (TPSA) is 85.2 Å². The number of nitrogens with zero attached hydrogens (tertiary/aromatic N) is 2. The Bertz CT molecular complexity index is 953. The Hall–Kier alpha value is -3.00. The third-order valence-electron chi connectivity index (χ3n) is 3.87. The van der Waals surface area contributed by atoms with Crippen molar-refractivity contribution in [1.29, 1.82) is 0 Å². The summed E-state index contributed by atoms with van der Waals surface area (Å²) < 4.78 is 7.11. The number of para-hydroxylation sites is 2. The molecular formula is C19H20N4O3S. The number of aromatic nitrogens is 2. The van der Waals surface area contributed by atoms with Gasteiger partial charge in [-0.15, -0.1) is 0 Å². The molecule has 0 saturated heterocycles. The molecular weight excluding hydrogens is 364 g/mol. The van der Waals surface area contributed by atoms with Gasteiger partial charge in [0.2, 0.25) is 5.91 Å². The first-order valence-electron chi connectivity index (χ1n) is 8.43. The van der Waals surface area contributed by atoms with Gasteiger partial charge in [0.15, 0.2) is 5.16 Å². The Balaban J connectivity index is 1.55. The molecule has 0 aliphatic heterocycles. The summed E-state index contributed by atoms with van der Waals surface area (Å²) in [5.74, 6) is 0.396. The molecule has 1 heterocycles. The third kappa shape index (κ3) is 4.59. The number of amides is 3. The largest absolute Gasteiger partial charge is 0.497 e. The normalized spacial score (nSPS) is 10.6. The number of urea groups is 1. The summed E-state index contributed by atoms with van der Waals surface area (Å²) in [5, 5.41) is 5.68. The molecule has 0 unspecified atom stereocenters. The van der Waals surface area contributed by atoms with Crippen LogP contribution in [-0.4, -0.2) is 34.4 Å². The van der Waals surface area contributed by atoms with Crippen LogP contribution in [0, 0.1) is 0 Å². The molecule has 0 saturated carbocycles. The number of ether oxygens (including phenoxy) is 1. The highest BCUT2D eigenvalue weighted by Gasteiger charge is 2.13. The molecule has 2 N–H and O–H groups in total. The van der Waals surface area contributed by atoms with E-state index in [2.05, 4.69) is 15.6 Å². The van der Waals surface area contributed by atoms with Gasteiger partial charge in [0, 0.05) is 12.2 Å². The molecule has 7 nitrogen and oxygen atoms in total. The van der Waals surface area contributed by atoms with Crippen LogP contribution in [0.15, 0.2) is 53.7 Å². The summed E-state index contributed by atoms with van der Waals surface area (Å²) in [6.45, 7) is 2.78. The van der Waals surface area contributed by atoms with E-state index < -0.39 is 6.03 Å². The minimum Gasteiger partial charge on any atom is -0.497 e. The Kier molecular flexibility index (Phi) is 5.97. The molecule has 0 atom stereocenters. The second-order valence-electron chi connectivity index (χ2n) is 5.65. The van der Waals surface area contributed by atoms with Crippen LogP contribution in [0.25, 0.3) is 11.0 Å². The molecule has 2 aromatic carbocycles. The summed E-state index contributed by atoms with van der Waals surface area (Å²) in [4.78, 5) is 28.6. The van der Waals surface area contributed by atoms with Crippen molar-refractivity contribution in [1.82, 2.24) is 14.9 Å². The molecule has 140 valence electrons. The highest BCUT2D eigenvalue weighted by atomic mass is 32.2. The summed E-state index contributed by atoms with van der Waals surface area (Å²) in [5.41, 5.74) is 2.49. The zero-order valence-corrected chi connectivity index (χ0v) is 15.9. The fourth-order valence-electron chi connectivity index (χ4n) is 2.60. The average molecular weight is 384 g/mol. The maximum Gasteiger partial charge on any atom is 0.325 e. The lowest BCUT2D eigenvalue weighted by Gasteiger charge is -2.08. The molecule has 0 aliphatic rings. The first-order valence-corrected chi connectivity index (χ1v) is 9.42. The number of nitrogens with one attached hydrogen (secondary N) is 2. The minimum absolute atomic E-state index is 0.0966. The van der Waals surface area contributed by atoms with Crippen molar-refractivity contribution in [3.8, 4) is 5.75 Å². The maximum atomic E-state index is 12.1. The molecule has 3 rings (SSSR count). The van der Waals surface area contributed by atoms with Gasteiger partial charge in [-0.2, -0.15) is 0 Å². The summed E-state index contributed by atoms with van der Waals surface area (Å²) in [6, 6.07) is 14.1. The van der Waals surface area contributed by atoms with Crippen molar-refractivity contribution in [2.24, 2.45) is 0 Å². The monoisotopic (exact) mass is 384 g/mol. The van der Waals surface area contributed by atoms with E-state index in [1.54, 1.807) is 31.4 Å². The fraction of sp³-hybridized carbons (Fsp3) is 0.211. The number of carbonyl (C=O) groups excluding carboxylic acids is 2. The molecule has 1 aromatic heterocycles. The van der Waals surface area contributed by atoms with Crippen molar-refractivity contribution >= 4 is 40.4 Å². The molecule has 0 aliphatic carbocycles. The smallest absolute Gasteiger partial charge is 0.325 e. The van der Waals surface area contributed by atoms with Crippen LogP contribution in [0.4, 0.5) is 10.5 Å². The van der Waals surface area contributed by atoms with Gasteiger partial charge in [0.05, 0.1) is 23.9 Å². The highest BCUT2D eigenvalue weighted by molar-refractivity contribution is 7.99. The van der Waals surface area contributed by atoms with Crippen molar-refractivity contribution < 1.29 is 14.3 Å². The summed E-state index contributed by atoms with van der Waals surface area (Å²) in [7, 11) is 1.57. The lowest BCUT2D eigenvalue weighted by Crippen LogP contribution is -2.35. The number of rotatable bonds is 6. The van der Waals surface area contributed by atoms with Crippen molar-refractivity contribution in [3.63, 3.8) is 0 Å². The van der Waals surface area contributed by atoms with Crippen molar-refractivity contribution in [2.45, 2.75) is 18.6 Å². The fourth-order valence-corrected chi connectivity index (χ4v) is 3.48. The van der Waals surface area contributed by atoms with Crippen LogP contribution in [-0.2, 0) is 11.3 Å². The second kappa shape index (κ2) is 8.59.